The average Bonchev–Trinajstić information content (AvgIpc) is 3.02. The Bertz CT molecular complexity index is 788. The summed E-state index contributed by atoms with van der Waals surface area (Å²) >= 11 is 0. The van der Waals surface area contributed by atoms with E-state index in [2.05, 4.69) is 0 Å². The lowest BCUT2D eigenvalue weighted by Crippen LogP contribution is -2.59. The monoisotopic (exact) mass is 325 g/mol. The van der Waals surface area contributed by atoms with Crippen LogP contribution in [0.15, 0.2) is 30.3 Å². The standard InChI is InChI=1S/C17H15N3O4/c1-23-13(21)16(8-18)15(12-6-4-3-5-7-12)10-20(11-15)17(16,9-19)14(22)24-2/h3-7H,10-11H2,1-2H3/t16-,17-/m1/s1. The van der Waals surface area contributed by atoms with Crippen molar-refractivity contribution in [1.82, 2.24) is 4.90 Å². The van der Waals surface area contributed by atoms with Crippen molar-refractivity contribution >= 4 is 11.9 Å². The molecule has 0 saturated carbocycles. The zero-order valence-electron chi connectivity index (χ0n) is 13.3. The van der Waals surface area contributed by atoms with E-state index in [-0.39, 0.29) is 13.1 Å². The van der Waals surface area contributed by atoms with Crippen molar-refractivity contribution in [3.63, 3.8) is 0 Å². The van der Waals surface area contributed by atoms with Crippen LogP contribution >= 0.6 is 0 Å². The Morgan fingerprint density at radius 2 is 1.62 bits per heavy atom. The topological polar surface area (TPSA) is 103 Å². The summed E-state index contributed by atoms with van der Waals surface area (Å²) in [6, 6.07) is 12.8. The molecule has 3 aliphatic rings. The van der Waals surface area contributed by atoms with Crippen LogP contribution in [0, 0.1) is 28.1 Å². The van der Waals surface area contributed by atoms with Gasteiger partial charge in [-0.3, -0.25) is 9.69 Å². The number of rotatable bonds is 3. The van der Waals surface area contributed by atoms with E-state index in [4.69, 9.17) is 9.47 Å². The molecule has 3 fully saturated rings. The summed E-state index contributed by atoms with van der Waals surface area (Å²) in [5.41, 5.74) is -4.31. The van der Waals surface area contributed by atoms with Crippen LogP contribution in [0.4, 0.5) is 0 Å². The van der Waals surface area contributed by atoms with Crippen LogP contribution in [0.25, 0.3) is 0 Å². The van der Waals surface area contributed by atoms with Gasteiger partial charge in [0, 0.05) is 13.1 Å². The molecule has 0 spiro atoms. The number of hydrogen-bond donors (Lipinski definition) is 0. The van der Waals surface area contributed by atoms with Crippen molar-refractivity contribution in [1.29, 1.82) is 10.5 Å². The number of methoxy groups -OCH3 is 2. The highest BCUT2D eigenvalue weighted by Crippen LogP contribution is 2.65. The molecule has 0 amide bonds. The first-order valence-electron chi connectivity index (χ1n) is 7.30. The van der Waals surface area contributed by atoms with Crippen LogP contribution in [-0.4, -0.2) is 49.7 Å². The maximum absolute atomic E-state index is 12.7. The van der Waals surface area contributed by atoms with Gasteiger partial charge >= 0.3 is 11.9 Å². The lowest BCUT2D eigenvalue weighted by Gasteiger charge is -2.43. The second-order valence-electron chi connectivity index (χ2n) is 5.97. The van der Waals surface area contributed by atoms with Crippen LogP contribution in [0.2, 0.25) is 0 Å². The molecule has 2 atom stereocenters. The van der Waals surface area contributed by atoms with Crippen molar-refractivity contribution in [3.8, 4) is 12.1 Å². The number of fused-ring (bicyclic) bond motifs is 1. The zero-order chi connectivity index (χ0) is 17.6. The predicted octanol–water partition coefficient (Wildman–Crippen LogP) is 0.372. The fraction of sp³-hybridized carbons (Fsp3) is 0.412. The molecule has 1 aromatic carbocycles. The quantitative estimate of drug-likeness (QED) is 0.740. The van der Waals surface area contributed by atoms with Gasteiger partial charge in [0.2, 0.25) is 11.0 Å². The van der Waals surface area contributed by atoms with Crippen molar-refractivity contribution in [2.24, 2.45) is 5.41 Å². The summed E-state index contributed by atoms with van der Waals surface area (Å²) in [4.78, 5) is 26.8. The van der Waals surface area contributed by atoms with Gasteiger partial charge in [0.25, 0.3) is 0 Å². The van der Waals surface area contributed by atoms with Crippen molar-refractivity contribution in [2.75, 3.05) is 27.3 Å². The smallest absolute Gasteiger partial charge is 0.343 e. The van der Waals surface area contributed by atoms with Crippen molar-refractivity contribution < 1.29 is 19.1 Å². The summed E-state index contributed by atoms with van der Waals surface area (Å²) in [6.45, 7) is 0.449. The van der Waals surface area contributed by atoms with E-state index < -0.39 is 28.3 Å². The molecule has 2 bridgehead atoms. The SMILES string of the molecule is COC(=O)[C@@]1(C#N)N2CC(c3ccccc3)(C2)[C@@]1(C#N)C(=O)OC. The highest BCUT2D eigenvalue weighted by Gasteiger charge is 2.87. The predicted molar refractivity (Wildman–Crippen MR) is 80.1 cm³/mol. The number of benzene rings is 1. The van der Waals surface area contributed by atoms with Crippen molar-refractivity contribution in [3.05, 3.63) is 35.9 Å². The molecule has 3 heterocycles. The molecule has 3 saturated heterocycles. The molecule has 7 nitrogen and oxygen atoms in total. The fourth-order valence-electron chi connectivity index (χ4n) is 4.18. The lowest BCUT2D eigenvalue weighted by molar-refractivity contribution is -0.162. The van der Waals surface area contributed by atoms with Crippen LogP contribution in [0.1, 0.15) is 5.56 Å². The number of ether oxygens (including phenoxy) is 2. The molecule has 0 aromatic heterocycles. The molecule has 0 N–H and O–H groups in total. The van der Waals surface area contributed by atoms with E-state index in [1.165, 1.54) is 4.90 Å². The van der Waals surface area contributed by atoms with Gasteiger partial charge in [-0.25, -0.2) is 4.79 Å². The van der Waals surface area contributed by atoms with Crippen molar-refractivity contribution in [2.45, 2.75) is 11.0 Å². The van der Waals surface area contributed by atoms with E-state index in [1.54, 1.807) is 24.3 Å². The maximum Gasteiger partial charge on any atom is 0.343 e. The average molecular weight is 325 g/mol. The normalized spacial score (nSPS) is 35.9. The van der Waals surface area contributed by atoms with Gasteiger partial charge in [-0.15, -0.1) is 0 Å². The van der Waals surface area contributed by atoms with Gasteiger partial charge in [0.1, 0.15) is 0 Å². The summed E-state index contributed by atoms with van der Waals surface area (Å²) in [5, 5.41) is 19.9. The van der Waals surface area contributed by atoms with Crippen LogP contribution in [-0.2, 0) is 24.5 Å². The molecular formula is C17H15N3O4. The molecule has 1 aromatic rings. The number of nitriles is 2. The number of nitrogens with zero attached hydrogens (tertiary/aromatic N) is 3. The van der Waals surface area contributed by atoms with Crippen LogP contribution in [0.3, 0.4) is 0 Å². The molecule has 7 heteroatoms. The highest BCUT2D eigenvalue weighted by molar-refractivity contribution is 6.00. The molecule has 3 aliphatic heterocycles. The molecule has 0 unspecified atom stereocenters. The Hall–Kier alpha value is -2.90. The minimum absolute atomic E-state index is 0.225. The van der Waals surface area contributed by atoms with Gasteiger partial charge in [-0.1, -0.05) is 30.3 Å². The molecule has 24 heavy (non-hydrogen) atoms. The largest absolute Gasteiger partial charge is 0.468 e. The van der Waals surface area contributed by atoms with Gasteiger partial charge in [0.05, 0.1) is 31.8 Å². The molecule has 122 valence electrons. The van der Waals surface area contributed by atoms with Gasteiger partial charge in [-0.05, 0) is 5.56 Å². The van der Waals surface area contributed by atoms with E-state index in [1.807, 2.05) is 18.2 Å². The highest BCUT2D eigenvalue weighted by atomic mass is 16.5. The maximum atomic E-state index is 12.7. The number of carbonyl (C=O) groups excluding carboxylic acids is 2. The number of carbonyl (C=O) groups is 2. The zero-order valence-corrected chi connectivity index (χ0v) is 13.3. The third kappa shape index (κ3) is 1.39. The minimum atomic E-state index is -2.03. The number of esters is 2. The van der Waals surface area contributed by atoms with E-state index in [9.17, 15) is 20.1 Å². The molecule has 4 rings (SSSR count). The molecule has 0 radical (unpaired) electrons. The van der Waals surface area contributed by atoms with E-state index >= 15 is 0 Å². The minimum Gasteiger partial charge on any atom is -0.468 e. The molecule has 0 aliphatic carbocycles. The summed E-state index contributed by atoms with van der Waals surface area (Å²) < 4.78 is 9.67. The third-order valence-electron chi connectivity index (χ3n) is 5.28. The van der Waals surface area contributed by atoms with E-state index in [0.29, 0.717) is 5.56 Å². The van der Waals surface area contributed by atoms with Crippen LogP contribution in [0.5, 0.6) is 0 Å². The summed E-state index contributed by atoms with van der Waals surface area (Å²) in [6.07, 6.45) is 0. The third-order valence-corrected chi connectivity index (χ3v) is 5.28. The Balaban J connectivity index is 2.34. The Morgan fingerprint density at radius 3 is 2.08 bits per heavy atom. The number of hydrogen-bond acceptors (Lipinski definition) is 7. The summed E-state index contributed by atoms with van der Waals surface area (Å²) in [7, 11) is 2.28. The van der Waals surface area contributed by atoms with Gasteiger partial charge < -0.3 is 9.47 Å². The van der Waals surface area contributed by atoms with E-state index in [0.717, 1.165) is 14.2 Å². The fourth-order valence-corrected chi connectivity index (χ4v) is 4.18. The first kappa shape index (κ1) is 16.0. The summed E-state index contributed by atoms with van der Waals surface area (Å²) in [5.74, 6) is -1.83. The lowest BCUT2D eigenvalue weighted by atomic mass is 9.57. The second-order valence-corrected chi connectivity index (χ2v) is 5.97. The molecular weight excluding hydrogens is 310 g/mol. The van der Waals surface area contributed by atoms with Crippen LogP contribution < -0.4 is 0 Å². The van der Waals surface area contributed by atoms with Gasteiger partial charge in [-0.2, -0.15) is 10.5 Å². The van der Waals surface area contributed by atoms with Gasteiger partial charge in [0.15, 0.2) is 0 Å². The first-order chi connectivity index (χ1) is 11.5. The second kappa shape index (κ2) is 5.05. The Kier molecular flexibility index (Phi) is 3.36. The Labute approximate surface area is 139 Å². The first-order valence-corrected chi connectivity index (χ1v) is 7.30. The Morgan fingerprint density at radius 1 is 1.04 bits per heavy atom.